The molecule has 0 aliphatic carbocycles. The van der Waals surface area contributed by atoms with E-state index in [1.54, 1.807) is 36.9 Å². The van der Waals surface area contributed by atoms with Gasteiger partial charge in [-0.1, -0.05) is 0 Å². The van der Waals surface area contributed by atoms with Crippen LogP contribution in [0.2, 0.25) is 0 Å². The number of nitrogens with zero attached hydrogens (tertiary/aromatic N) is 5. The van der Waals surface area contributed by atoms with E-state index < -0.39 is 0 Å². The highest BCUT2D eigenvalue weighted by molar-refractivity contribution is 5.67. The average Bonchev–Trinajstić information content (AvgIpc) is 2.74. The lowest BCUT2D eigenvalue weighted by molar-refractivity contribution is 0.628. The molecule has 4 rings (SSSR count). The summed E-state index contributed by atoms with van der Waals surface area (Å²) >= 11 is 0. The first kappa shape index (κ1) is 17.7. The monoisotopic (exact) mass is 372 g/mol. The van der Waals surface area contributed by atoms with Gasteiger partial charge in [0.1, 0.15) is 17.5 Å². The molecular weight excluding hydrogens is 355 g/mol. The molecule has 28 heavy (non-hydrogen) atoms. The zero-order valence-corrected chi connectivity index (χ0v) is 15.2. The minimum absolute atomic E-state index is 0.292. The van der Waals surface area contributed by atoms with Crippen LogP contribution in [0.4, 0.5) is 10.2 Å². The zero-order chi connectivity index (χ0) is 19.3. The third-order valence-electron chi connectivity index (χ3n) is 4.05. The Bertz CT molecular complexity index is 1070. The summed E-state index contributed by atoms with van der Waals surface area (Å²) < 4.78 is 13.3. The highest BCUT2D eigenvalue weighted by Crippen LogP contribution is 2.24. The number of hydrogen-bond acceptors (Lipinski definition) is 6. The summed E-state index contributed by atoms with van der Waals surface area (Å²) in [7, 11) is 0. The Hall–Kier alpha value is -3.74. The molecule has 0 aliphatic rings. The molecule has 0 bridgehead atoms. The molecule has 0 saturated carbocycles. The molecule has 0 atom stereocenters. The molecule has 0 radical (unpaired) electrons. The SMILES string of the molecule is Cc1cnc(CNc2cc(-c3ccc(F)cc3)nc(-c3cccnc3)n2)nc1. The third-order valence-corrected chi connectivity index (χ3v) is 4.05. The summed E-state index contributed by atoms with van der Waals surface area (Å²) in [5.41, 5.74) is 3.27. The van der Waals surface area contributed by atoms with Crippen LogP contribution in [0.1, 0.15) is 11.4 Å². The Balaban J connectivity index is 1.69. The lowest BCUT2D eigenvalue weighted by Gasteiger charge is -2.10. The first-order chi connectivity index (χ1) is 13.7. The fraction of sp³-hybridized carbons (Fsp3) is 0.0952. The van der Waals surface area contributed by atoms with Crippen molar-refractivity contribution >= 4 is 5.82 Å². The second kappa shape index (κ2) is 7.87. The maximum absolute atomic E-state index is 13.3. The molecule has 3 heterocycles. The van der Waals surface area contributed by atoms with Crippen molar-refractivity contribution in [2.24, 2.45) is 0 Å². The van der Waals surface area contributed by atoms with Crippen LogP contribution in [0.25, 0.3) is 22.6 Å². The van der Waals surface area contributed by atoms with E-state index in [1.807, 2.05) is 25.1 Å². The molecule has 0 unspecified atom stereocenters. The summed E-state index contributed by atoms with van der Waals surface area (Å²) in [6.07, 6.45) is 6.95. The van der Waals surface area contributed by atoms with E-state index in [2.05, 4.69) is 30.2 Å². The molecule has 0 aliphatic heterocycles. The molecule has 138 valence electrons. The topological polar surface area (TPSA) is 76.5 Å². The van der Waals surface area contributed by atoms with Crippen LogP contribution in [0.15, 0.2) is 67.3 Å². The van der Waals surface area contributed by atoms with Crippen molar-refractivity contribution in [2.75, 3.05) is 5.32 Å². The van der Waals surface area contributed by atoms with Gasteiger partial charge in [0.05, 0.1) is 12.2 Å². The highest BCUT2D eigenvalue weighted by Gasteiger charge is 2.10. The number of benzene rings is 1. The van der Waals surface area contributed by atoms with Crippen LogP contribution >= 0.6 is 0 Å². The zero-order valence-electron chi connectivity index (χ0n) is 15.2. The van der Waals surface area contributed by atoms with Gasteiger partial charge >= 0.3 is 0 Å². The fourth-order valence-corrected chi connectivity index (χ4v) is 2.61. The lowest BCUT2D eigenvalue weighted by atomic mass is 10.1. The number of rotatable bonds is 5. The minimum Gasteiger partial charge on any atom is -0.363 e. The summed E-state index contributed by atoms with van der Waals surface area (Å²) in [4.78, 5) is 21.9. The van der Waals surface area contributed by atoms with Crippen LogP contribution < -0.4 is 5.32 Å². The number of aryl methyl sites for hydroxylation is 1. The van der Waals surface area contributed by atoms with Gasteiger partial charge in [0.2, 0.25) is 0 Å². The number of aromatic nitrogens is 5. The highest BCUT2D eigenvalue weighted by atomic mass is 19.1. The molecule has 7 heteroatoms. The van der Waals surface area contributed by atoms with Crippen molar-refractivity contribution in [3.8, 4) is 22.6 Å². The van der Waals surface area contributed by atoms with Gasteiger partial charge in [-0.25, -0.2) is 24.3 Å². The van der Waals surface area contributed by atoms with Gasteiger partial charge < -0.3 is 5.32 Å². The maximum atomic E-state index is 13.3. The molecule has 0 saturated heterocycles. The van der Waals surface area contributed by atoms with Gasteiger partial charge in [0.15, 0.2) is 5.82 Å². The van der Waals surface area contributed by atoms with E-state index in [9.17, 15) is 4.39 Å². The Kier molecular flexibility index (Phi) is 4.97. The predicted molar refractivity (Wildman–Crippen MR) is 105 cm³/mol. The number of halogens is 1. The van der Waals surface area contributed by atoms with Crippen LogP contribution in [0.3, 0.4) is 0 Å². The Morgan fingerprint density at radius 1 is 0.929 bits per heavy atom. The molecule has 0 amide bonds. The maximum Gasteiger partial charge on any atom is 0.163 e. The molecule has 1 aromatic carbocycles. The largest absolute Gasteiger partial charge is 0.363 e. The first-order valence-corrected chi connectivity index (χ1v) is 8.74. The first-order valence-electron chi connectivity index (χ1n) is 8.74. The van der Waals surface area contributed by atoms with Gasteiger partial charge in [-0.2, -0.15) is 0 Å². The van der Waals surface area contributed by atoms with E-state index in [0.29, 0.717) is 29.7 Å². The van der Waals surface area contributed by atoms with Crippen molar-refractivity contribution < 1.29 is 4.39 Å². The molecule has 1 N–H and O–H groups in total. The van der Waals surface area contributed by atoms with Gasteiger partial charge in [-0.05, 0) is 48.9 Å². The normalized spacial score (nSPS) is 10.6. The molecule has 0 fully saturated rings. The van der Waals surface area contributed by atoms with Gasteiger partial charge in [-0.3, -0.25) is 4.98 Å². The van der Waals surface area contributed by atoms with E-state index in [-0.39, 0.29) is 5.82 Å². The molecule has 0 spiro atoms. The Morgan fingerprint density at radius 2 is 1.71 bits per heavy atom. The van der Waals surface area contributed by atoms with Crippen molar-refractivity contribution in [3.63, 3.8) is 0 Å². The Morgan fingerprint density at radius 3 is 2.43 bits per heavy atom. The summed E-state index contributed by atoms with van der Waals surface area (Å²) in [6.45, 7) is 2.36. The van der Waals surface area contributed by atoms with Gasteiger partial charge in [0.25, 0.3) is 0 Å². The van der Waals surface area contributed by atoms with E-state index in [0.717, 1.165) is 16.7 Å². The summed E-state index contributed by atoms with van der Waals surface area (Å²) in [5, 5.41) is 3.24. The molecule has 4 aromatic rings. The number of hydrogen-bond donors (Lipinski definition) is 1. The fourth-order valence-electron chi connectivity index (χ4n) is 2.61. The second-order valence-corrected chi connectivity index (χ2v) is 6.24. The van der Waals surface area contributed by atoms with Crippen LogP contribution in [-0.2, 0) is 6.54 Å². The van der Waals surface area contributed by atoms with E-state index >= 15 is 0 Å². The smallest absolute Gasteiger partial charge is 0.163 e. The van der Waals surface area contributed by atoms with Gasteiger partial charge in [0, 0.05) is 42.0 Å². The molecular formula is C21H17FN6. The average molecular weight is 372 g/mol. The van der Waals surface area contributed by atoms with Crippen molar-refractivity contribution in [1.82, 2.24) is 24.9 Å². The minimum atomic E-state index is -0.292. The van der Waals surface area contributed by atoms with Crippen molar-refractivity contribution in [1.29, 1.82) is 0 Å². The lowest BCUT2D eigenvalue weighted by Crippen LogP contribution is -2.07. The van der Waals surface area contributed by atoms with Crippen LogP contribution in [0.5, 0.6) is 0 Å². The van der Waals surface area contributed by atoms with Gasteiger partial charge in [-0.15, -0.1) is 0 Å². The van der Waals surface area contributed by atoms with Crippen molar-refractivity contribution in [3.05, 3.63) is 84.5 Å². The summed E-state index contributed by atoms with van der Waals surface area (Å²) in [6, 6.07) is 11.7. The van der Waals surface area contributed by atoms with Crippen LogP contribution in [-0.4, -0.2) is 24.9 Å². The van der Waals surface area contributed by atoms with E-state index in [4.69, 9.17) is 0 Å². The summed E-state index contributed by atoms with van der Waals surface area (Å²) in [5.74, 6) is 1.52. The van der Waals surface area contributed by atoms with Crippen LogP contribution in [0, 0.1) is 12.7 Å². The number of anilines is 1. The molecule has 6 nitrogen and oxygen atoms in total. The quantitative estimate of drug-likeness (QED) is 0.569. The Labute approximate surface area is 161 Å². The molecule has 3 aromatic heterocycles. The third kappa shape index (κ3) is 4.15. The van der Waals surface area contributed by atoms with Crippen molar-refractivity contribution in [2.45, 2.75) is 13.5 Å². The van der Waals surface area contributed by atoms with E-state index in [1.165, 1.54) is 12.1 Å². The number of nitrogens with one attached hydrogen (secondary N) is 1. The predicted octanol–water partition coefficient (Wildman–Crippen LogP) is 4.06. The standard InChI is InChI=1S/C21H17FN6/c1-14-10-24-20(25-11-14)13-26-19-9-18(15-4-6-17(22)7-5-15)27-21(28-19)16-3-2-8-23-12-16/h2-12H,13H2,1H3,(H,26,27,28). The second-order valence-electron chi connectivity index (χ2n) is 6.24. The number of pyridine rings is 1.